The largest absolute Gasteiger partial charge is 0.497 e. The van der Waals surface area contributed by atoms with E-state index in [0.717, 1.165) is 12.2 Å². The molecule has 0 aliphatic heterocycles. The van der Waals surface area contributed by atoms with Crippen molar-refractivity contribution < 1.29 is 9.53 Å². The summed E-state index contributed by atoms with van der Waals surface area (Å²) in [5, 5.41) is 0. The molecule has 0 bridgehead atoms. The van der Waals surface area contributed by atoms with Crippen molar-refractivity contribution in [2.75, 3.05) is 14.2 Å². The summed E-state index contributed by atoms with van der Waals surface area (Å²) >= 11 is 0. The third kappa shape index (κ3) is 2.43. The van der Waals surface area contributed by atoms with Crippen LogP contribution in [0.4, 0.5) is 0 Å². The molecule has 0 spiro atoms. The lowest BCUT2D eigenvalue weighted by Crippen LogP contribution is -2.28. The van der Waals surface area contributed by atoms with Gasteiger partial charge in [0.15, 0.2) is 0 Å². The molecule has 3 heteroatoms. The van der Waals surface area contributed by atoms with Gasteiger partial charge in [0.2, 0.25) is 5.91 Å². The van der Waals surface area contributed by atoms with E-state index in [-0.39, 0.29) is 5.91 Å². The van der Waals surface area contributed by atoms with E-state index in [1.54, 1.807) is 7.11 Å². The summed E-state index contributed by atoms with van der Waals surface area (Å²) in [7, 11) is 3.58. The zero-order chi connectivity index (χ0) is 12.4. The molecule has 1 amide bonds. The van der Waals surface area contributed by atoms with Gasteiger partial charge in [0, 0.05) is 25.4 Å². The normalized spacial score (nSPS) is 22.1. The van der Waals surface area contributed by atoms with Crippen LogP contribution in [0.25, 0.3) is 0 Å². The number of hydrogen-bond acceptors (Lipinski definition) is 2. The van der Waals surface area contributed by atoms with E-state index in [9.17, 15) is 4.79 Å². The van der Waals surface area contributed by atoms with Crippen LogP contribution in [0, 0.1) is 0 Å². The van der Waals surface area contributed by atoms with Crippen molar-refractivity contribution in [3.63, 3.8) is 0 Å². The van der Waals surface area contributed by atoms with Gasteiger partial charge in [-0.25, -0.2) is 0 Å². The molecule has 0 aromatic heterocycles. The van der Waals surface area contributed by atoms with Crippen molar-refractivity contribution in [3.8, 4) is 5.75 Å². The molecule has 1 aliphatic rings. The second-order valence-electron chi connectivity index (χ2n) is 4.54. The molecule has 0 radical (unpaired) electrons. The number of carbonyl (C=O) groups excluding carboxylic acids is 1. The van der Waals surface area contributed by atoms with Crippen molar-refractivity contribution in [3.05, 3.63) is 29.8 Å². The van der Waals surface area contributed by atoms with Gasteiger partial charge in [0.1, 0.15) is 5.75 Å². The van der Waals surface area contributed by atoms with Crippen molar-refractivity contribution in [1.29, 1.82) is 0 Å². The molecule has 1 aromatic rings. The maximum atomic E-state index is 11.6. The molecule has 0 N–H and O–H groups in total. The second kappa shape index (κ2) is 4.78. The Kier molecular flexibility index (Phi) is 3.36. The average Bonchev–Trinajstić information content (AvgIpc) is 3.17. The summed E-state index contributed by atoms with van der Waals surface area (Å²) in [4.78, 5) is 13.5. The summed E-state index contributed by atoms with van der Waals surface area (Å²) in [6, 6.07) is 8.49. The van der Waals surface area contributed by atoms with Gasteiger partial charge >= 0.3 is 0 Å². The molecular formula is C14H19NO2. The van der Waals surface area contributed by atoms with Crippen LogP contribution in [0.1, 0.15) is 31.2 Å². The Labute approximate surface area is 102 Å². The Balaban J connectivity index is 2.04. The molecule has 2 unspecified atom stereocenters. The molecule has 1 aliphatic carbocycles. The fraction of sp³-hybridized carbons (Fsp3) is 0.500. The standard InChI is InChI=1S/C14H19NO2/c1-4-14(16)15(2)13-9-12(13)10-6-5-7-11(8-10)17-3/h5-8,12-13H,4,9H2,1-3H3. The first kappa shape index (κ1) is 12.0. The highest BCUT2D eigenvalue weighted by Crippen LogP contribution is 2.45. The van der Waals surface area contributed by atoms with E-state index in [1.165, 1.54) is 5.56 Å². The fourth-order valence-electron chi connectivity index (χ4n) is 2.27. The van der Waals surface area contributed by atoms with E-state index in [4.69, 9.17) is 4.74 Å². The van der Waals surface area contributed by atoms with Crippen LogP contribution in [0.5, 0.6) is 5.75 Å². The minimum Gasteiger partial charge on any atom is -0.497 e. The molecule has 92 valence electrons. The maximum Gasteiger partial charge on any atom is 0.222 e. The monoisotopic (exact) mass is 233 g/mol. The summed E-state index contributed by atoms with van der Waals surface area (Å²) in [6.45, 7) is 1.90. The molecule has 0 heterocycles. The summed E-state index contributed by atoms with van der Waals surface area (Å²) < 4.78 is 5.22. The molecule has 3 nitrogen and oxygen atoms in total. The van der Waals surface area contributed by atoms with Gasteiger partial charge in [-0.3, -0.25) is 4.79 Å². The minimum atomic E-state index is 0.223. The van der Waals surface area contributed by atoms with Crippen LogP contribution in [-0.2, 0) is 4.79 Å². The Hall–Kier alpha value is -1.51. The molecule has 0 saturated heterocycles. The van der Waals surface area contributed by atoms with E-state index in [1.807, 2.05) is 31.0 Å². The quantitative estimate of drug-likeness (QED) is 0.799. The Morgan fingerprint density at radius 1 is 1.53 bits per heavy atom. The van der Waals surface area contributed by atoms with Crippen molar-refractivity contribution >= 4 is 5.91 Å². The Morgan fingerprint density at radius 2 is 2.29 bits per heavy atom. The third-order valence-electron chi connectivity index (χ3n) is 3.47. The van der Waals surface area contributed by atoms with Crippen LogP contribution in [0.15, 0.2) is 24.3 Å². The predicted octanol–water partition coefficient (Wildman–Crippen LogP) is 2.42. The number of nitrogens with zero attached hydrogens (tertiary/aromatic N) is 1. The van der Waals surface area contributed by atoms with Gasteiger partial charge < -0.3 is 9.64 Å². The summed E-state index contributed by atoms with van der Waals surface area (Å²) in [6.07, 6.45) is 1.65. The fourth-order valence-corrected chi connectivity index (χ4v) is 2.27. The topological polar surface area (TPSA) is 29.5 Å². The van der Waals surface area contributed by atoms with Crippen LogP contribution >= 0.6 is 0 Å². The lowest BCUT2D eigenvalue weighted by Gasteiger charge is -2.16. The first-order chi connectivity index (χ1) is 8.17. The van der Waals surface area contributed by atoms with E-state index >= 15 is 0 Å². The summed E-state index contributed by atoms with van der Waals surface area (Å²) in [5.74, 6) is 1.59. The SMILES string of the molecule is CCC(=O)N(C)C1CC1c1cccc(OC)c1. The lowest BCUT2D eigenvalue weighted by molar-refractivity contribution is -0.130. The van der Waals surface area contributed by atoms with E-state index in [0.29, 0.717) is 18.4 Å². The van der Waals surface area contributed by atoms with Crippen molar-refractivity contribution in [1.82, 2.24) is 4.90 Å². The van der Waals surface area contributed by atoms with Crippen LogP contribution in [-0.4, -0.2) is 31.0 Å². The molecular weight excluding hydrogens is 214 g/mol. The van der Waals surface area contributed by atoms with Crippen molar-refractivity contribution in [2.45, 2.75) is 31.7 Å². The Morgan fingerprint density at radius 3 is 2.94 bits per heavy atom. The maximum absolute atomic E-state index is 11.6. The highest BCUT2D eigenvalue weighted by atomic mass is 16.5. The number of amides is 1. The second-order valence-corrected chi connectivity index (χ2v) is 4.54. The van der Waals surface area contributed by atoms with Crippen LogP contribution in [0.2, 0.25) is 0 Å². The van der Waals surface area contributed by atoms with Gasteiger partial charge in [-0.05, 0) is 24.1 Å². The van der Waals surface area contributed by atoms with Gasteiger partial charge in [-0.2, -0.15) is 0 Å². The van der Waals surface area contributed by atoms with Gasteiger partial charge in [-0.1, -0.05) is 19.1 Å². The zero-order valence-electron chi connectivity index (χ0n) is 10.6. The van der Waals surface area contributed by atoms with Crippen LogP contribution < -0.4 is 4.74 Å². The average molecular weight is 233 g/mol. The molecule has 2 rings (SSSR count). The number of ether oxygens (including phenoxy) is 1. The smallest absolute Gasteiger partial charge is 0.222 e. The molecule has 17 heavy (non-hydrogen) atoms. The highest BCUT2D eigenvalue weighted by Gasteiger charge is 2.42. The first-order valence-electron chi connectivity index (χ1n) is 6.07. The van der Waals surface area contributed by atoms with Gasteiger partial charge in [0.25, 0.3) is 0 Å². The molecule has 1 saturated carbocycles. The van der Waals surface area contributed by atoms with Crippen molar-refractivity contribution in [2.24, 2.45) is 0 Å². The highest BCUT2D eigenvalue weighted by molar-refractivity contribution is 5.76. The predicted molar refractivity (Wildman–Crippen MR) is 67.2 cm³/mol. The van der Waals surface area contributed by atoms with Gasteiger partial charge in [-0.15, -0.1) is 0 Å². The Bertz CT molecular complexity index is 416. The molecule has 1 fully saturated rings. The summed E-state index contributed by atoms with van der Waals surface area (Å²) in [5.41, 5.74) is 1.27. The zero-order valence-corrected chi connectivity index (χ0v) is 10.6. The van der Waals surface area contributed by atoms with E-state index in [2.05, 4.69) is 12.1 Å². The number of carbonyl (C=O) groups is 1. The van der Waals surface area contributed by atoms with Crippen LogP contribution in [0.3, 0.4) is 0 Å². The number of rotatable bonds is 4. The van der Waals surface area contributed by atoms with E-state index < -0.39 is 0 Å². The number of methoxy groups -OCH3 is 1. The first-order valence-corrected chi connectivity index (χ1v) is 6.07. The number of likely N-dealkylation sites (N-methyl/N-ethyl adjacent to an activating group) is 1. The third-order valence-corrected chi connectivity index (χ3v) is 3.47. The number of hydrogen-bond donors (Lipinski definition) is 0. The molecule has 2 atom stereocenters. The van der Waals surface area contributed by atoms with Gasteiger partial charge in [0.05, 0.1) is 7.11 Å². The number of benzene rings is 1. The molecule has 1 aromatic carbocycles. The lowest BCUT2D eigenvalue weighted by atomic mass is 10.1. The minimum absolute atomic E-state index is 0.223.